The molecule has 0 aliphatic carbocycles. The van der Waals surface area contributed by atoms with Gasteiger partial charge in [-0.25, -0.2) is 9.82 Å². The van der Waals surface area contributed by atoms with Crippen molar-refractivity contribution in [3.63, 3.8) is 0 Å². The van der Waals surface area contributed by atoms with E-state index in [0.717, 1.165) is 4.47 Å². The Morgan fingerprint density at radius 2 is 1.90 bits per heavy atom. The maximum absolute atomic E-state index is 14.1. The molecule has 3 N–H and O–H groups in total. The molecule has 6 heteroatoms. The second-order valence-electron chi connectivity index (χ2n) is 4.35. The number of halogens is 2. The molecule has 2 aromatic rings. The van der Waals surface area contributed by atoms with Crippen LogP contribution in [0.25, 0.3) is 0 Å². The maximum Gasteiger partial charge on any atom is 0.165 e. The van der Waals surface area contributed by atoms with Gasteiger partial charge in [-0.15, -0.1) is 0 Å². The molecule has 0 saturated carbocycles. The van der Waals surface area contributed by atoms with E-state index in [2.05, 4.69) is 21.4 Å². The van der Waals surface area contributed by atoms with Gasteiger partial charge in [0, 0.05) is 15.6 Å². The molecule has 0 aromatic heterocycles. The standard InChI is InChI=1S/C15H16BrFN2O2/c1-20-13-5-3-4-10(15(13)21-2)14(19-18)11-8-9(16)6-7-12(11)17/h3-8,14,19H,18H2,1-2H3. The lowest BCUT2D eigenvalue weighted by Gasteiger charge is -2.21. The first kappa shape index (κ1) is 15.8. The minimum atomic E-state index is -0.562. The Morgan fingerprint density at radius 1 is 1.14 bits per heavy atom. The molecule has 1 unspecified atom stereocenters. The fraction of sp³-hybridized carbons (Fsp3) is 0.200. The van der Waals surface area contributed by atoms with E-state index in [1.54, 1.807) is 31.4 Å². The van der Waals surface area contributed by atoms with Crippen LogP contribution in [-0.2, 0) is 0 Å². The molecule has 0 radical (unpaired) electrons. The summed E-state index contributed by atoms with van der Waals surface area (Å²) in [4.78, 5) is 0. The second kappa shape index (κ2) is 6.89. The Labute approximate surface area is 131 Å². The Hall–Kier alpha value is -1.63. The minimum absolute atomic E-state index is 0.356. The van der Waals surface area contributed by atoms with Gasteiger partial charge in [0.1, 0.15) is 5.82 Å². The first-order chi connectivity index (χ1) is 10.1. The largest absolute Gasteiger partial charge is 0.493 e. The molecule has 112 valence electrons. The maximum atomic E-state index is 14.1. The zero-order valence-electron chi connectivity index (χ0n) is 11.7. The highest BCUT2D eigenvalue weighted by molar-refractivity contribution is 9.10. The first-order valence-corrected chi connectivity index (χ1v) is 7.03. The van der Waals surface area contributed by atoms with E-state index in [1.807, 2.05) is 6.07 Å². The number of hydrazine groups is 1. The van der Waals surface area contributed by atoms with Crippen LogP contribution in [-0.4, -0.2) is 14.2 Å². The Morgan fingerprint density at radius 3 is 2.52 bits per heavy atom. The number of para-hydroxylation sites is 1. The van der Waals surface area contributed by atoms with Crippen LogP contribution in [0.15, 0.2) is 40.9 Å². The second-order valence-corrected chi connectivity index (χ2v) is 5.26. The Balaban J connectivity index is 2.59. The number of rotatable bonds is 5. The molecular weight excluding hydrogens is 339 g/mol. The van der Waals surface area contributed by atoms with E-state index < -0.39 is 6.04 Å². The third-order valence-corrected chi connectivity index (χ3v) is 3.67. The summed E-state index contributed by atoms with van der Waals surface area (Å²) >= 11 is 3.34. The number of nitrogens with two attached hydrogens (primary N) is 1. The van der Waals surface area contributed by atoms with Gasteiger partial charge in [0.15, 0.2) is 11.5 Å². The Bertz CT molecular complexity index is 637. The van der Waals surface area contributed by atoms with Crippen molar-refractivity contribution in [2.45, 2.75) is 6.04 Å². The van der Waals surface area contributed by atoms with Crippen LogP contribution in [0, 0.1) is 5.82 Å². The number of benzene rings is 2. The smallest absolute Gasteiger partial charge is 0.165 e. The fourth-order valence-electron chi connectivity index (χ4n) is 2.22. The zero-order chi connectivity index (χ0) is 15.4. The van der Waals surface area contributed by atoms with Crippen LogP contribution in [0.2, 0.25) is 0 Å². The van der Waals surface area contributed by atoms with Crippen LogP contribution in [0.1, 0.15) is 17.2 Å². The monoisotopic (exact) mass is 354 g/mol. The SMILES string of the molecule is COc1cccc(C(NN)c2cc(Br)ccc2F)c1OC. The molecule has 0 aliphatic heterocycles. The topological polar surface area (TPSA) is 56.5 Å². The quantitative estimate of drug-likeness (QED) is 0.639. The number of hydrogen-bond acceptors (Lipinski definition) is 4. The van der Waals surface area contributed by atoms with Crippen molar-refractivity contribution in [1.82, 2.24) is 5.43 Å². The molecule has 0 heterocycles. The van der Waals surface area contributed by atoms with Crippen molar-refractivity contribution in [3.8, 4) is 11.5 Å². The van der Waals surface area contributed by atoms with E-state index in [1.165, 1.54) is 13.2 Å². The van der Waals surface area contributed by atoms with Crippen molar-refractivity contribution in [3.05, 3.63) is 57.8 Å². The minimum Gasteiger partial charge on any atom is -0.493 e. The summed E-state index contributed by atoms with van der Waals surface area (Å²) in [5.41, 5.74) is 3.74. The van der Waals surface area contributed by atoms with Gasteiger partial charge in [0.05, 0.1) is 20.3 Å². The Kier molecular flexibility index (Phi) is 5.17. The summed E-state index contributed by atoms with van der Waals surface area (Å²) in [5.74, 6) is 6.36. The molecule has 0 bridgehead atoms. The van der Waals surface area contributed by atoms with E-state index in [9.17, 15) is 4.39 Å². The third kappa shape index (κ3) is 3.18. The van der Waals surface area contributed by atoms with Gasteiger partial charge in [-0.3, -0.25) is 5.84 Å². The zero-order valence-corrected chi connectivity index (χ0v) is 13.3. The summed E-state index contributed by atoms with van der Waals surface area (Å²) < 4.78 is 25.5. The average molecular weight is 355 g/mol. The van der Waals surface area contributed by atoms with Crippen LogP contribution in [0.3, 0.4) is 0 Å². The highest BCUT2D eigenvalue weighted by atomic mass is 79.9. The van der Waals surface area contributed by atoms with Gasteiger partial charge in [0.25, 0.3) is 0 Å². The first-order valence-electron chi connectivity index (χ1n) is 6.24. The molecule has 0 spiro atoms. The number of methoxy groups -OCH3 is 2. The highest BCUT2D eigenvalue weighted by Gasteiger charge is 2.22. The van der Waals surface area contributed by atoms with Gasteiger partial charge in [-0.2, -0.15) is 0 Å². The van der Waals surface area contributed by atoms with Crippen LogP contribution in [0.4, 0.5) is 4.39 Å². The van der Waals surface area contributed by atoms with E-state index in [4.69, 9.17) is 15.3 Å². The number of hydrogen-bond donors (Lipinski definition) is 2. The van der Waals surface area contributed by atoms with Crippen LogP contribution in [0.5, 0.6) is 11.5 Å². The number of nitrogens with one attached hydrogen (secondary N) is 1. The average Bonchev–Trinajstić information content (AvgIpc) is 2.51. The van der Waals surface area contributed by atoms with E-state index >= 15 is 0 Å². The molecule has 1 atom stereocenters. The van der Waals surface area contributed by atoms with Crippen LogP contribution < -0.4 is 20.7 Å². The van der Waals surface area contributed by atoms with Crippen LogP contribution >= 0.6 is 15.9 Å². The van der Waals surface area contributed by atoms with E-state index in [0.29, 0.717) is 22.6 Å². The van der Waals surface area contributed by atoms with Gasteiger partial charge in [0.2, 0.25) is 0 Å². The summed E-state index contributed by atoms with van der Waals surface area (Å²) in [7, 11) is 3.08. The highest BCUT2D eigenvalue weighted by Crippen LogP contribution is 2.37. The lowest BCUT2D eigenvalue weighted by atomic mass is 9.97. The molecule has 0 fully saturated rings. The lowest BCUT2D eigenvalue weighted by molar-refractivity contribution is 0.348. The summed E-state index contributed by atoms with van der Waals surface area (Å²) in [5, 5.41) is 0. The molecule has 0 saturated heterocycles. The molecule has 0 amide bonds. The van der Waals surface area contributed by atoms with Crippen molar-refractivity contribution < 1.29 is 13.9 Å². The summed E-state index contributed by atoms with van der Waals surface area (Å²) in [6.07, 6.45) is 0. The third-order valence-electron chi connectivity index (χ3n) is 3.18. The van der Waals surface area contributed by atoms with Gasteiger partial charge >= 0.3 is 0 Å². The van der Waals surface area contributed by atoms with Crippen molar-refractivity contribution in [2.75, 3.05) is 14.2 Å². The molecular formula is C15H16BrFN2O2. The predicted molar refractivity (Wildman–Crippen MR) is 82.8 cm³/mol. The molecule has 0 aliphatic rings. The van der Waals surface area contributed by atoms with Gasteiger partial charge in [-0.05, 0) is 24.3 Å². The lowest BCUT2D eigenvalue weighted by Crippen LogP contribution is -2.30. The van der Waals surface area contributed by atoms with Gasteiger partial charge in [-0.1, -0.05) is 28.1 Å². The van der Waals surface area contributed by atoms with Gasteiger partial charge < -0.3 is 9.47 Å². The molecule has 2 rings (SSSR count). The van der Waals surface area contributed by atoms with Crippen molar-refractivity contribution in [2.24, 2.45) is 5.84 Å². The summed E-state index contributed by atoms with van der Waals surface area (Å²) in [6.45, 7) is 0. The fourth-order valence-corrected chi connectivity index (χ4v) is 2.60. The van der Waals surface area contributed by atoms with Crippen molar-refractivity contribution >= 4 is 15.9 Å². The number of ether oxygens (including phenoxy) is 2. The van der Waals surface area contributed by atoms with Crippen molar-refractivity contribution in [1.29, 1.82) is 0 Å². The molecule has 4 nitrogen and oxygen atoms in total. The predicted octanol–water partition coefficient (Wildman–Crippen LogP) is 3.16. The summed E-state index contributed by atoms with van der Waals surface area (Å²) in [6, 6.07) is 9.52. The van der Waals surface area contributed by atoms with E-state index in [-0.39, 0.29) is 5.82 Å². The normalized spacial score (nSPS) is 12.0. The molecule has 21 heavy (non-hydrogen) atoms. The molecule has 2 aromatic carbocycles.